The third kappa shape index (κ3) is 4.04. The van der Waals surface area contributed by atoms with Crippen molar-refractivity contribution in [2.75, 3.05) is 24.6 Å². The first-order chi connectivity index (χ1) is 12.3. The molecule has 0 saturated carbocycles. The number of aromatic carboxylic acids is 1. The maximum absolute atomic E-state index is 13.0. The van der Waals surface area contributed by atoms with Gasteiger partial charge in [0.25, 0.3) is 0 Å². The van der Waals surface area contributed by atoms with E-state index in [9.17, 15) is 18.0 Å². The summed E-state index contributed by atoms with van der Waals surface area (Å²) in [6.45, 7) is 1.19. The maximum atomic E-state index is 13.0. The van der Waals surface area contributed by atoms with Gasteiger partial charge in [-0.2, -0.15) is 13.2 Å². The molecule has 3 rings (SSSR count). The van der Waals surface area contributed by atoms with Crippen molar-refractivity contribution in [3.05, 3.63) is 47.8 Å². The molecule has 1 aliphatic rings. The van der Waals surface area contributed by atoms with Crippen molar-refractivity contribution < 1.29 is 27.8 Å². The van der Waals surface area contributed by atoms with E-state index in [2.05, 4.69) is 9.97 Å². The number of alkyl halides is 3. The number of para-hydroxylation sites is 1. The van der Waals surface area contributed by atoms with Crippen molar-refractivity contribution >= 4 is 11.9 Å². The van der Waals surface area contributed by atoms with Crippen LogP contribution in [-0.2, 0) is 6.18 Å². The summed E-state index contributed by atoms with van der Waals surface area (Å²) in [7, 11) is 0. The minimum atomic E-state index is -4.47. The highest BCUT2D eigenvalue weighted by Crippen LogP contribution is 2.36. The molecule has 0 bridgehead atoms. The number of nitrogens with zero attached hydrogens (tertiary/aromatic N) is 3. The van der Waals surface area contributed by atoms with Crippen LogP contribution in [0.4, 0.5) is 19.1 Å². The largest absolute Gasteiger partial charge is 0.493 e. The van der Waals surface area contributed by atoms with Gasteiger partial charge in [0.1, 0.15) is 5.75 Å². The highest BCUT2D eigenvalue weighted by Gasteiger charge is 2.34. The second-order valence-electron chi connectivity index (χ2n) is 5.95. The minimum absolute atomic E-state index is 0.00614. The molecule has 2 heterocycles. The topological polar surface area (TPSA) is 75.5 Å². The molecule has 1 N–H and O–H groups in total. The molecule has 0 spiro atoms. The van der Waals surface area contributed by atoms with Crippen molar-refractivity contribution in [1.82, 2.24) is 9.97 Å². The van der Waals surface area contributed by atoms with Crippen LogP contribution in [0.15, 0.2) is 36.5 Å². The van der Waals surface area contributed by atoms with Gasteiger partial charge in [0, 0.05) is 25.2 Å². The molecular weight excluding hydrogens is 351 g/mol. The molecule has 26 heavy (non-hydrogen) atoms. The quantitative estimate of drug-likeness (QED) is 0.875. The highest BCUT2D eigenvalue weighted by atomic mass is 19.4. The zero-order valence-corrected chi connectivity index (χ0v) is 13.6. The van der Waals surface area contributed by atoms with Gasteiger partial charge in [-0.1, -0.05) is 12.1 Å². The van der Waals surface area contributed by atoms with E-state index in [0.717, 1.165) is 6.07 Å². The van der Waals surface area contributed by atoms with E-state index in [0.29, 0.717) is 25.5 Å². The van der Waals surface area contributed by atoms with Gasteiger partial charge in [0.2, 0.25) is 5.95 Å². The van der Waals surface area contributed by atoms with Gasteiger partial charge in [0.05, 0.1) is 12.2 Å². The standard InChI is InChI=1S/C17H16F3N3O3/c18-17(19,20)12-3-1-2-4-14(12)26-10-11-6-8-23(9-11)16-21-7-5-13(22-16)15(24)25/h1-5,7,11H,6,8-10H2,(H,24,25)/t11-/m0/s1. The van der Waals surface area contributed by atoms with Gasteiger partial charge in [-0.15, -0.1) is 0 Å². The highest BCUT2D eigenvalue weighted by molar-refractivity contribution is 5.85. The Morgan fingerprint density at radius 3 is 2.81 bits per heavy atom. The summed E-state index contributed by atoms with van der Waals surface area (Å²) in [5.41, 5.74) is -0.902. The van der Waals surface area contributed by atoms with E-state index >= 15 is 0 Å². The number of carboxylic acid groups (broad SMARTS) is 1. The molecule has 1 aliphatic heterocycles. The number of hydrogen-bond acceptors (Lipinski definition) is 5. The van der Waals surface area contributed by atoms with E-state index in [-0.39, 0.29) is 24.0 Å². The van der Waals surface area contributed by atoms with Gasteiger partial charge in [-0.3, -0.25) is 0 Å². The SMILES string of the molecule is O=C(O)c1ccnc(N2CC[C@H](COc3ccccc3C(F)(F)F)C2)n1. The maximum Gasteiger partial charge on any atom is 0.419 e. The number of rotatable bonds is 5. The summed E-state index contributed by atoms with van der Waals surface area (Å²) in [5.74, 6) is -1.05. The summed E-state index contributed by atoms with van der Waals surface area (Å²) in [4.78, 5) is 20.8. The molecule has 6 nitrogen and oxygen atoms in total. The summed E-state index contributed by atoms with van der Waals surface area (Å²) >= 11 is 0. The van der Waals surface area contributed by atoms with E-state index < -0.39 is 17.7 Å². The molecular formula is C17H16F3N3O3. The van der Waals surface area contributed by atoms with Crippen LogP contribution in [0.3, 0.4) is 0 Å². The molecule has 1 aromatic carbocycles. The first-order valence-corrected chi connectivity index (χ1v) is 7.95. The molecule has 1 aromatic heterocycles. The van der Waals surface area contributed by atoms with Crippen molar-refractivity contribution in [2.45, 2.75) is 12.6 Å². The average Bonchev–Trinajstić information content (AvgIpc) is 3.08. The van der Waals surface area contributed by atoms with Gasteiger partial charge in [0.15, 0.2) is 5.69 Å². The van der Waals surface area contributed by atoms with Crippen LogP contribution in [-0.4, -0.2) is 40.7 Å². The van der Waals surface area contributed by atoms with E-state index in [4.69, 9.17) is 9.84 Å². The van der Waals surface area contributed by atoms with Gasteiger partial charge in [-0.05, 0) is 24.6 Å². The molecule has 1 atom stereocenters. The summed E-state index contributed by atoms with van der Waals surface area (Å²) in [6, 6.07) is 6.41. The third-order valence-corrected chi connectivity index (χ3v) is 4.10. The molecule has 0 aliphatic carbocycles. The van der Waals surface area contributed by atoms with Crippen LogP contribution in [0, 0.1) is 5.92 Å². The van der Waals surface area contributed by atoms with Crippen LogP contribution in [0.5, 0.6) is 5.75 Å². The Balaban J connectivity index is 1.63. The lowest BCUT2D eigenvalue weighted by Gasteiger charge is -2.18. The zero-order valence-electron chi connectivity index (χ0n) is 13.6. The van der Waals surface area contributed by atoms with Crippen molar-refractivity contribution in [1.29, 1.82) is 0 Å². The molecule has 138 valence electrons. The first-order valence-electron chi connectivity index (χ1n) is 7.95. The van der Waals surface area contributed by atoms with Crippen molar-refractivity contribution in [2.24, 2.45) is 5.92 Å². The smallest absolute Gasteiger partial charge is 0.419 e. The Morgan fingerprint density at radius 1 is 1.31 bits per heavy atom. The van der Waals surface area contributed by atoms with Crippen LogP contribution in [0.2, 0.25) is 0 Å². The third-order valence-electron chi connectivity index (χ3n) is 4.10. The number of aromatic nitrogens is 2. The van der Waals surface area contributed by atoms with E-state index in [1.54, 1.807) is 4.90 Å². The van der Waals surface area contributed by atoms with Crippen LogP contribution < -0.4 is 9.64 Å². The number of ether oxygens (including phenoxy) is 1. The van der Waals surface area contributed by atoms with Gasteiger partial charge in [-0.25, -0.2) is 14.8 Å². The Morgan fingerprint density at radius 2 is 2.08 bits per heavy atom. The normalized spacial score (nSPS) is 17.3. The van der Waals surface area contributed by atoms with Crippen molar-refractivity contribution in [3.8, 4) is 5.75 Å². The summed E-state index contributed by atoms with van der Waals surface area (Å²) in [5, 5.41) is 8.99. The molecule has 0 amide bonds. The summed E-state index contributed by atoms with van der Waals surface area (Å²) in [6.07, 6.45) is -2.41. The Hall–Kier alpha value is -2.84. The molecule has 9 heteroatoms. The van der Waals surface area contributed by atoms with Gasteiger partial charge < -0.3 is 14.7 Å². The monoisotopic (exact) mass is 367 g/mol. The molecule has 1 fully saturated rings. The molecule has 2 aromatic rings. The predicted molar refractivity (Wildman–Crippen MR) is 86.3 cm³/mol. The number of benzene rings is 1. The fourth-order valence-corrected chi connectivity index (χ4v) is 2.80. The van der Waals surface area contributed by atoms with Crippen LogP contribution in [0.25, 0.3) is 0 Å². The summed E-state index contributed by atoms with van der Waals surface area (Å²) < 4.78 is 44.4. The fraction of sp³-hybridized carbons (Fsp3) is 0.353. The number of hydrogen-bond donors (Lipinski definition) is 1. The van der Waals surface area contributed by atoms with Gasteiger partial charge >= 0.3 is 12.1 Å². The predicted octanol–water partition coefficient (Wildman–Crippen LogP) is 3.10. The Kier molecular flexibility index (Phi) is 4.97. The first kappa shape index (κ1) is 18.0. The number of carbonyl (C=O) groups is 1. The van der Waals surface area contributed by atoms with E-state index in [1.807, 2.05) is 0 Å². The number of carboxylic acids is 1. The minimum Gasteiger partial charge on any atom is -0.493 e. The molecule has 1 saturated heterocycles. The van der Waals surface area contributed by atoms with Crippen LogP contribution >= 0.6 is 0 Å². The zero-order chi connectivity index (χ0) is 18.7. The van der Waals surface area contributed by atoms with E-state index in [1.165, 1.54) is 30.5 Å². The lowest BCUT2D eigenvalue weighted by Crippen LogP contribution is -2.24. The Bertz CT molecular complexity index is 798. The number of anilines is 1. The lowest BCUT2D eigenvalue weighted by molar-refractivity contribution is -0.139. The molecule has 0 radical (unpaired) electrons. The van der Waals surface area contributed by atoms with Crippen molar-refractivity contribution in [3.63, 3.8) is 0 Å². The van der Waals surface area contributed by atoms with Crippen LogP contribution in [0.1, 0.15) is 22.5 Å². The second-order valence-corrected chi connectivity index (χ2v) is 5.95. The Labute approximate surface area is 147 Å². The number of halogens is 3. The molecule has 0 unspecified atom stereocenters. The fourth-order valence-electron chi connectivity index (χ4n) is 2.80. The average molecular weight is 367 g/mol. The lowest BCUT2D eigenvalue weighted by atomic mass is 10.1. The second kappa shape index (κ2) is 7.19.